The topological polar surface area (TPSA) is 77.8 Å². The van der Waals surface area contributed by atoms with E-state index in [9.17, 15) is 10.5 Å². The van der Waals surface area contributed by atoms with Gasteiger partial charge in [-0.3, -0.25) is 9.38 Å². The number of nitrogens with zero attached hydrogens (tertiary/aromatic N) is 5. The molecule has 0 radical (unpaired) electrons. The monoisotopic (exact) mass is 443 g/mol. The molecule has 0 aliphatic heterocycles. The predicted octanol–water partition coefficient (Wildman–Crippen LogP) is 6.67. The maximum absolute atomic E-state index is 9.66. The van der Waals surface area contributed by atoms with Gasteiger partial charge in [-0.2, -0.15) is 10.5 Å². The summed E-state index contributed by atoms with van der Waals surface area (Å²) in [5, 5.41) is 20.1. The number of nitriles is 2. The Morgan fingerprint density at radius 1 is 0.794 bits per heavy atom. The lowest BCUT2D eigenvalue weighted by Gasteiger charge is -2.19. The lowest BCUT2D eigenvalue weighted by Crippen LogP contribution is -2.13. The van der Waals surface area contributed by atoms with Gasteiger partial charge in [-0.1, -0.05) is 38.5 Å². The SMILES string of the molecule is Cc1cc(C)c(-c2cc3nc(C(C)(C)C)ccc3c3nc4cc(C#N)c(C#N)cc4n23)c(C)c1. The summed E-state index contributed by atoms with van der Waals surface area (Å²) in [7, 11) is 0. The molecule has 0 bridgehead atoms. The lowest BCUT2D eigenvalue weighted by atomic mass is 9.91. The summed E-state index contributed by atoms with van der Waals surface area (Å²) in [5.74, 6) is 0. The summed E-state index contributed by atoms with van der Waals surface area (Å²) in [6.07, 6.45) is 0. The number of hydrogen-bond donors (Lipinski definition) is 0. The molecule has 5 nitrogen and oxygen atoms in total. The van der Waals surface area contributed by atoms with Crippen LogP contribution in [0.2, 0.25) is 0 Å². The van der Waals surface area contributed by atoms with Crippen LogP contribution in [0.15, 0.2) is 42.5 Å². The molecule has 5 aromatic rings. The van der Waals surface area contributed by atoms with Gasteiger partial charge in [-0.15, -0.1) is 0 Å². The van der Waals surface area contributed by atoms with Crippen molar-refractivity contribution in [2.75, 3.05) is 0 Å². The van der Waals surface area contributed by atoms with E-state index in [2.05, 4.69) is 88.4 Å². The van der Waals surface area contributed by atoms with Crippen LogP contribution in [0.1, 0.15) is 54.3 Å². The van der Waals surface area contributed by atoms with Gasteiger partial charge in [-0.05, 0) is 62.2 Å². The van der Waals surface area contributed by atoms with Crippen LogP contribution in [0.4, 0.5) is 0 Å². The van der Waals surface area contributed by atoms with Crippen LogP contribution in [0.3, 0.4) is 0 Å². The average Bonchev–Trinajstić information content (AvgIpc) is 3.15. The highest BCUT2D eigenvalue weighted by Crippen LogP contribution is 2.36. The Balaban J connectivity index is 2.02. The summed E-state index contributed by atoms with van der Waals surface area (Å²) in [5.41, 5.74) is 10.4. The lowest BCUT2D eigenvalue weighted by molar-refractivity contribution is 0.571. The molecule has 5 rings (SSSR count). The minimum Gasteiger partial charge on any atom is -0.292 e. The van der Waals surface area contributed by atoms with Crippen LogP contribution < -0.4 is 0 Å². The third-order valence-electron chi connectivity index (χ3n) is 6.42. The van der Waals surface area contributed by atoms with E-state index in [1.165, 1.54) is 16.7 Å². The van der Waals surface area contributed by atoms with Gasteiger partial charge in [-0.25, -0.2) is 4.98 Å². The predicted molar refractivity (Wildman–Crippen MR) is 136 cm³/mol. The first-order valence-corrected chi connectivity index (χ1v) is 11.3. The molecule has 0 aliphatic carbocycles. The van der Waals surface area contributed by atoms with E-state index in [-0.39, 0.29) is 5.41 Å². The van der Waals surface area contributed by atoms with Crippen molar-refractivity contribution >= 4 is 27.6 Å². The molecule has 34 heavy (non-hydrogen) atoms. The van der Waals surface area contributed by atoms with Crippen LogP contribution in [0, 0.1) is 43.4 Å². The van der Waals surface area contributed by atoms with E-state index in [1.807, 2.05) is 0 Å². The van der Waals surface area contributed by atoms with Gasteiger partial charge in [0.1, 0.15) is 17.8 Å². The second kappa shape index (κ2) is 7.40. The van der Waals surface area contributed by atoms with E-state index in [0.717, 1.165) is 39.0 Å². The quantitative estimate of drug-likeness (QED) is 0.290. The fraction of sp³-hybridized carbons (Fsp3) is 0.241. The highest BCUT2D eigenvalue weighted by Gasteiger charge is 2.21. The Kier molecular flexibility index (Phi) is 4.71. The van der Waals surface area contributed by atoms with Crippen LogP contribution >= 0.6 is 0 Å². The summed E-state index contributed by atoms with van der Waals surface area (Å²) >= 11 is 0. The molecule has 0 atom stereocenters. The number of pyridine rings is 2. The maximum atomic E-state index is 9.66. The van der Waals surface area contributed by atoms with E-state index in [1.54, 1.807) is 12.1 Å². The molecule has 0 saturated carbocycles. The van der Waals surface area contributed by atoms with E-state index >= 15 is 0 Å². The van der Waals surface area contributed by atoms with Crippen molar-refractivity contribution in [1.29, 1.82) is 10.5 Å². The van der Waals surface area contributed by atoms with Crippen molar-refractivity contribution in [1.82, 2.24) is 14.4 Å². The third kappa shape index (κ3) is 3.21. The minimum atomic E-state index is -0.0836. The third-order valence-corrected chi connectivity index (χ3v) is 6.42. The van der Waals surface area contributed by atoms with Crippen molar-refractivity contribution in [3.8, 4) is 23.4 Å². The van der Waals surface area contributed by atoms with E-state index in [4.69, 9.17) is 9.97 Å². The Hall–Kier alpha value is -4.22. The number of fused-ring (bicyclic) bond motifs is 5. The molecule has 0 fully saturated rings. The molecule has 3 heterocycles. The van der Waals surface area contributed by atoms with Gasteiger partial charge in [0.25, 0.3) is 0 Å². The largest absolute Gasteiger partial charge is 0.292 e. The Morgan fingerprint density at radius 2 is 1.44 bits per heavy atom. The number of aromatic nitrogens is 3. The van der Waals surface area contributed by atoms with Gasteiger partial charge in [0.05, 0.1) is 33.4 Å². The molecular weight excluding hydrogens is 418 g/mol. The van der Waals surface area contributed by atoms with Crippen LogP contribution in [-0.2, 0) is 5.41 Å². The summed E-state index contributed by atoms with van der Waals surface area (Å²) in [6.45, 7) is 12.8. The first-order chi connectivity index (χ1) is 16.1. The van der Waals surface area contributed by atoms with Crippen molar-refractivity contribution < 1.29 is 0 Å². The first-order valence-electron chi connectivity index (χ1n) is 11.3. The highest BCUT2D eigenvalue weighted by molar-refractivity contribution is 6.00. The molecule has 0 spiro atoms. The van der Waals surface area contributed by atoms with Gasteiger partial charge in [0, 0.05) is 22.1 Å². The van der Waals surface area contributed by atoms with Gasteiger partial charge >= 0.3 is 0 Å². The zero-order valence-electron chi connectivity index (χ0n) is 20.3. The van der Waals surface area contributed by atoms with Crippen molar-refractivity contribution in [3.63, 3.8) is 0 Å². The molecule has 2 aromatic carbocycles. The molecule has 5 heteroatoms. The number of imidazole rings is 1. The molecule has 0 saturated heterocycles. The Labute approximate surface area is 198 Å². The van der Waals surface area contributed by atoms with Crippen LogP contribution in [0.25, 0.3) is 38.8 Å². The standard InChI is InChI=1S/C29H25N5/c1-16-9-17(2)27(18(3)10-16)25-13-22-21(7-8-26(32-22)29(4,5)6)28-33-23-11-19(14-30)20(15-31)12-24(23)34(25)28/h7-13H,1-6H3. The summed E-state index contributed by atoms with van der Waals surface area (Å²) in [4.78, 5) is 9.98. The van der Waals surface area contributed by atoms with Crippen molar-refractivity contribution in [2.24, 2.45) is 0 Å². The Morgan fingerprint density at radius 3 is 2.06 bits per heavy atom. The summed E-state index contributed by atoms with van der Waals surface area (Å²) in [6, 6.07) is 18.4. The fourth-order valence-electron chi connectivity index (χ4n) is 4.89. The maximum Gasteiger partial charge on any atom is 0.147 e. The van der Waals surface area contributed by atoms with E-state index in [0.29, 0.717) is 16.6 Å². The zero-order chi connectivity index (χ0) is 24.4. The smallest absolute Gasteiger partial charge is 0.147 e. The van der Waals surface area contributed by atoms with Gasteiger partial charge < -0.3 is 0 Å². The molecule has 0 amide bonds. The molecule has 0 unspecified atom stereocenters. The minimum absolute atomic E-state index is 0.0836. The molecule has 3 aromatic heterocycles. The molecule has 0 N–H and O–H groups in total. The normalized spacial score (nSPS) is 11.8. The van der Waals surface area contributed by atoms with Crippen LogP contribution in [-0.4, -0.2) is 14.4 Å². The van der Waals surface area contributed by atoms with Gasteiger partial charge in [0.2, 0.25) is 0 Å². The number of hydrogen-bond acceptors (Lipinski definition) is 4. The fourth-order valence-corrected chi connectivity index (χ4v) is 4.89. The van der Waals surface area contributed by atoms with Gasteiger partial charge in [0.15, 0.2) is 0 Å². The average molecular weight is 444 g/mol. The summed E-state index contributed by atoms with van der Waals surface area (Å²) < 4.78 is 2.11. The highest BCUT2D eigenvalue weighted by atomic mass is 15.0. The second-order valence-corrected chi connectivity index (χ2v) is 10.1. The van der Waals surface area contributed by atoms with E-state index < -0.39 is 0 Å². The molecule has 166 valence electrons. The van der Waals surface area contributed by atoms with Crippen molar-refractivity contribution in [2.45, 2.75) is 47.0 Å². The van der Waals surface area contributed by atoms with Crippen molar-refractivity contribution in [3.05, 3.63) is 76.0 Å². The second-order valence-electron chi connectivity index (χ2n) is 10.1. The molecular formula is C29H25N5. The number of benzene rings is 2. The first kappa shape index (κ1) is 21.6. The number of rotatable bonds is 1. The van der Waals surface area contributed by atoms with Crippen LogP contribution in [0.5, 0.6) is 0 Å². The number of aryl methyl sites for hydroxylation is 3. The Bertz CT molecular complexity index is 1710. The zero-order valence-corrected chi connectivity index (χ0v) is 20.3. The molecule has 0 aliphatic rings.